The Hall–Kier alpha value is -0.890. The second kappa shape index (κ2) is 7.40. The molecule has 0 radical (unpaired) electrons. The molecule has 2 rings (SSSR count). The van der Waals surface area contributed by atoms with Gasteiger partial charge in [0.15, 0.2) is 0 Å². The number of nitrogens with zero attached hydrogens (tertiary/aromatic N) is 2. The van der Waals surface area contributed by atoms with Crippen LogP contribution in [0.5, 0.6) is 0 Å². The number of rotatable bonds is 7. The van der Waals surface area contributed by atoms with Gasteiger partial charge in [-0.05, 0) is 26.3 Å². The van der Waals surface area contributed by atoms with Crippen LogP contribution in [0, 0.1) is 13.8 Å². The van der Waals surface area contributed by atoms with E-state index in [0.29, 0.717) is 11.5 Å². The highest BCUT2D eigenvalue weighted by molar-refractivity contribution is 7.98. The maximum absolute atomic E-state index is 9.36. The van der Waals surface area contributed by atoms with Crippen LogP contribution >= 0.6 is 23.1 Å². The van der Waals surface area contributed by atoms with E-state index in [2.05, 4.69) is 36.1 Å². The molecule has 0 saturated carbocycles. The molecule has 1 unspecified atom stereocenters. The van der Waals surface area contributed by atoms with Crippen LogP contribution in [-0.4, -0.2) is 45.2 Å². The van der Waals surface area contributed by atoms with Crippen LogP contribution in [0.1, 0.15) is 23.2 Å². The number of aliphatic hydroxyl groups is 2. The van der Waals surface area contributed by atoms with Crippen LogP contribution in [0.3, 0.4) is 0 Å². The fraction of sp³-hybridized carbons (Fsp3) is 0.571. The number of hydrogen-bond acceptors (Lipinski definition) is 7. The predicted octanol–water partition coefficient (Wildman–Crippen LogP) is 2.33. The van der Waals surface area contributed by atoms with Gasteiger partial charge in [0.2, 0.25) is 0 Å². The van der Waals surface area contributed by atoms with Gasteiger partial charge in [-0.15, -0.1) is 11.3 Å². The second-order valence-electron chi connectivity index (χ2n) is 4.83. The van der Waals surface area contributed by atoms with Crippen LogP contribution in [0.2, 0.25) is 0 Å². The van der Waals surface area contributed by atoms with Gasteiger partial charge < -0.3 is 15.5 Å². The molecule has 3 N–H and O–H groups in total. The average molecular weight is 327 g/mol. The van der Waals surface area contributed by atoms with Gasteiger partial charge in [0, 0.05) is 17.2 Å². The molecule has 116 valence electrons. The third-order valence-corrected chi connectivity index (χ3v) is 5.36. The fourth-order valence-corrected chi connectivity index (χ4v) is 3.85. The van der Waals surface area contributed by atoms with Crippen LogP contribution in [0.4, 0.5) is 5.82 Å². The Morgan fingerprint density at radius 2 is 2.10 bits per heavy atom. The summed E-state index contributed by atoms with van der Waals surface area (Å²) in [5, 5.41) is 22.6. The first-order chi connectivity index (χ1) is 10.1. The topological polar surface area (TPSA) is 78.3 Å². The van der Waals surface area contributed by atoms with E-state index in [4.69, 9.17) is 5.11 Å². The number of aryl methyl sites for hydroxylation is 2. The highest BCUT2D eigenvalue weighted by Gasteiger charge is 2.14. The predicted molar refractivity (Wildman–Crippen MR) is 90.3 cm³/mol. The van der Waals surface area contributed by atoms with Crippen molar-refractivity contribution in [1.29, 1.82) is 0 Å². The molecule has 2 aromatic heterocycles. The summed E-state index contributed by atoms with van der Waals surface area (Å²) in [5.41, 5.74) is 1.24. The summed E-state index contributed by atoms with van der Waals surface area (Å²) in [4.78, 5) is 11.5. The summed E-state index contributed by atoms with van der Waals surface area (Å²) in [6, 6.07) is 0. The number of aromatic nitrogens is 2. The van der Waals surface area contributed by atoms with E-state index in [1.165, 1.54) is 22.2 Å². The highest BCUT2D eigenvalue weighted by atomic mass is 32.2. The Labute approximate surface area is 132 Å². The van der Waals surface area contributed by atoms with Crippen molar-refractivity contribution < 1.29 is 10.2 Å². The largest absolute Gasteiger partial charge is 0.394 e. The van der Waals surface area contributed by atoms with Crippen molar-refractivity contribution in [2.75, 3.05) is 24.2 Å². The summed E-state index contributed by atoms with van der Waals surface area (Å²) in [6.07, 6.45) is -0.682. The third-order valence-electron chi connectivity index (χ3n) is 3.17. The van der Waals surface area contributed by atoms with Crippen LogP contribution in [0.15, 0.2) is 0 Å². The van der Waals surface area contributed by atoms with Gasteiger partial charge in [-0.1, -0.05) is 0 Å². The van der Waals surface area contributed by atoms with E-state index >= 15 is 0 Å². The second-order valence-corrected chi connectivity index (χ2v) is 7.07. The van der Waals surface area contributed by atoms with Crippen LogP contribution in [0.25, 0.3) is 10.2 Å². The smallest absolute Gasteiger partial charge is 0.142 e. The van der Waals surface area contributed by atoms with Gasteiger partial charge in [-0.3, -0.25) is 0 Å². The normalized spacial score (nSPS) is 12.8. The van der Waals surface area contributed by atoms with Crippen molar-refractivity contribution in [3.05, 3.63) is 16.3 Å². The minimum atomic E-state index is -0.682. The molecule has 0 aromatic carbocycles. The van der Waals surface area contributed by atoms with Gasteiger partial charge >= 0.3 is 0 Å². The molecule has 0 aliphatic heterocycles. The molecule has 7 heteroatoms. The molecule has 0 saturated heterocycles. The Morgan fingerprint density at radius 3 is 2.76 bits per heavy atom. The summed E-state index contributed by atoms with van der Waals surface area (Å²) >= 11 is 3.21. The van der Waals surface area contributed by atoms with E-state index in [1.807, 2.05) is 0 Å². The SMILES string of the molecule is CCNc1nc(CSCC(O)CO)nc2sc(C)c(C)c12. The van der Waals surface area contributed by atoms with E-state index in [9.17, 15) is 5.11 Å². The Balaban J connectivity index is 2.25. The molecule has 5 nitrogen and oxygen atoms in total. The van der Waals surface area contributed by atoms with E-state index < -0.39 is 6.10 Å². The number of thiophene rings is 1. The minimum absolute atomic E-state index is 0.209. The van der Waals surface area contributed by atoms with E-state index in [-0.39, 0.29) is 6.61 Å². The molecule has 2 heterocycles. The quantitative estimate of drug-likeness (QED) is 0.724. The number of aliphatic hydroxyl groups excluding tert-OH is 2. The molecule has 0 aliphatic carbocycles. The standard InChI is InChI=1S/C14H21N3O2S2/c1-4-15-13-12-8(2)9(3)21-14(12)17-11(16-13)7-20-6-10(19)5-18/h10,18-19H,4-7H2,1-3H3,(H,15,16,17). The lowest BCUT2D eigenvalue weighted by Crippen LogP contribution is -2.15. The number of hydrogen-bond donors (Lipinski definition) is 3. The van der Waals surface area contributed by atoms with Gasteiger partial charge in [-0.2, -0.15) is 11.8 Å². The first kappa shape index (κ1) is 16.5. The highest BCUT2D eigenvalue weighted by Crippen LogP contribution is 2.33. The number of fused-ring (bicyclic) bond motifs is 1. The van der Waals surface area contributed by atoms with Gasteiger partial charge in [0.25, 0.3) is 0 Å². The Morgan fingerprint density at radius 1 is 1.33 bits per heavy atom. The average Bonchev–Trinajstić information content (AvgIpc) is 2.74. The van der Waals surface area contributed by atoms with E-state index in [0.717, 1.165) is 28.4 Å². The first-order valence-corrected chi connectivity index (χ1v) is 8.91. The zero-order valence-electron chi connectivity index (χ0n) is 12.5. The molecular weight excluding hydrogens is 306 g/mol. The molecule has 0 fully saturated rings. The van der Waals surface area contributed by atoms with Gasteiger partial charge in [0.1, 0.15) is 16.5 Å². The molecule has 0 bridgehead atoms. The van der Waals surface area contributed by atoms with Gasteiger partial charge in [-0.25, -0.2) is 9.97 Å². The summed E-state index contributed by atoms with van der Waals surface area (Å²) in [7, 11) is 0. The van der Waals surface area contributed by atoms with Crippen LogP contribution < -0.4 is 5.32 Å². The minimum Gasteiger partial charge on any atom is -0.394 e. The summed E-state index contributed by atoms with van der Waals surface area (Å²) in [5.74, 6) is 2.76. The van der Waals surface area contributed by atoms with Crippen molar-refractivity contribution in [1.82, 2.24) is 9.97 Å². The molecule has 1 atom stereocenters. The van der Waals surface area contributed by atoms with Gasteiger partial charge in [0.05, 0.1) is 23.8 Å². The van der Waals surface area contributed by atoms with Crippen molar-refractivity contribution in [3.8, 4) is 0 Å². The van der Waals surface area contributed by atoms with Crippen molar-refractivity contribution in [2.45, 2.75) is 32.6 Å². The maximum Gasteiger partial charge on any atom is 0.142 e. The zero-order valence-corrected chi connectivity index (χ0v) is 14.1. The van der Waals surface area contributed by atoms with Crippen LogP contribution in [-0.2, 0) is 5.75 Å². The molecule has 0 aliphatic rings. The zero-order chi connectivity index (χ0) is 15.4. The van der Waals surface area contributed by atoms with Crippen molar-refractivity contribution in [2.24, 2.45) is 0 Å². The molecule has 0 spiro atoms. The Kier molecular flexibility index (Phi) is 5.80. The lowest BCUT2D eigenvalue weighted by Gasteiger charge is -2.09. The van der Waals surface area contributed by atoms with Crippen molar-refractivity contribution >= 4 is 39.1 Å². The maximum atomic E-state index is 9.36. The number of thioether (sulfide) groups is 1. The lowest BCUT2D eigenvalue weighted by molar-refractivity contribution is 0.113. The molecule has 0 amide bonds. The summed E-state index contributed by atoms with van der Waals surface area (Å²) < 4.78 is 0. The molecule has 21 heavy (non-hydrogen) atoms. The Bertz CT molecular complexity index is 616. The fourth-order valence-electron chi connectivity index (χ4n) is 1.99. The molecule has 2 aromatic rings. The molecular formula is C14H21N3O2S2. The van der Waals surface area contributed by atoms with E-state index in [1.54, 1.807) is 11.3 Å². The van der Waals surface area contributed by atoms with Crippen molar-refractivity contribution in [3.63, 3.8) is 0 Å². The summed E-state index contributed by atoms with van der Waals surface area (Å²) in [6.45, 7) is 6.86. The lowest BCUT2D eigenvalue weighted by atomic mass is 10.2. The number of nitrogens with one attached hydrogen (secondary N) is 1. The monoisotopic (exact) mass is 327 g/mol. The first-order valence-electron chi connectivity index (χ1n) is 6.94. The third kappa shape index (κ3) is 3.85. The number of anilines is 1.